The molecule has 0 saturated carbocycles. The lowest BCUT2D eigenvalue weighted by Gasteiger charge is -2.11. The molecule has 0 saturated heterocycles. The van der Waals surface area contributed by atoms with Gasteiger partial charge in [-0.25, -0.2) is 4.98 Å². The topological polar surface area (TPSA) is 70.7 Å². The molecular formula is C20H20N4O. The molecule has 126 valence electrons. The van der Waals surface area contributed by atoms with E-state index in [2.05, 4.69) is 34.8 Å². The fraction of sp³-hybridized carbons (Fsp3) is 0.250. The molecule has 3 rings (SSSR count). The maximum Gasteiger partial charge on any atom is 0.228 e. The summed E-state index contributed by atoms with van der Waals surface area (Å²) >= 11 is 0. The molecule has 0 fully saturated rings. The molecule has 5 heteroatoms. The molecule has 1 aromatic heterocycles. The fourth-order valence-corrected chi connectivity index (χ4v) is 3.10. The molecule has 5 nitrogen and oxygen atoms in total. The minimum Gasteiger partial charge on any atom is -0.326 e. The van der Waals surface area contributed by atoms with Gasteiger partial charge in [-0.2, -0.15) is 5.26 Å². The van der Waals surface area contributed by atoms with E-state index in [1.807, 2.05) is 25.1 Å². The zero-order chi connectivity index (χ0) is 18.0. The van der Waals surface area contributed by atoms with Crippen LogP contribution in [0.4, 0.5) is 5.69 Å². The second-order valence-electron chi connectivity index (χ2n) is 6.33. The summed E-state index contributed by atoms with van der Waals surface area (Å²) < 4.78 is 2.18. The van der Waals surface area contributed by atoms with E-state index in [1.165, 1.54) is 0 Å². The predicted molar refractivity (Wildman–Crippen MR) is 98.3 cm³/mol. The standard InChI is InChI=1S/C20H20N4O/c1-13(2)24-14(3)22-18-10-15(8-9-19(18)24)11-20(25)23-17-7-5-4-6-16(17)12-21/h4-10,13H,11H2,1-3H3,(H,23,25). The van der Waals surface area contributed by atoms with E-state index in [1.54, 1.807) is 24.3 Å². The largest absolute Gasteiger partial charge is 0.326 e. The summed E-state index contributed by atoms with van der Waals surface area (Å²) in [6, 6.07) is 15.3. The Hall–Kier alpha value is -3.13. The van der Waals surface area contributed by atoms with Crippen LogP contribution in [-0.2, 0) is 11.2 Å². The molecule has 0 atom stereocenters. The van der Waals surface area contributed by atoms with E-state index in [9.17, 15) is 4.79 Å². The number of hydrogen-bond acceptors (Lipinski definition) is 3. The quantitative estimate of drug-likeness (QED) is 0.785. The summed E-state index contributed by atoms with van der Waals surface area (Å²) in [6.07, 6.45) is 0.239. The average molecular weight is 332 g/mol. The van der Waals surface area contributed by atoms with Crippen LogP contribution in [0.25, 0.3) is 11.0 Å². The summed E-state index contributed by atoms with van der Waals surface area (Å²) in [5, 5.41) is 11.9. The number of aromatic nitrogens is 2. The van der Waals surface area contributed by atoms with Crippen molar-refractivity contribution in [3.8, 4) is 6.07 Å². The number of imidazole rings is 1. The maximum atomic E-state index is 12.3. The minimum atomic E-state index is -0.151. The second-order valence-corrected chi connectivity index (χ2v) is 6.33. The molecule has 0 bridgehead atoms. The molecule has 0 aliphatic carbocycles. The number of amides is 1. The maximum absolute atomic E-state index is 12.3. The van der Waals surface area contributed by atoms with Gasteiger partial charge in [0, 0.05) is 6.04 Å². The van der Waals surface area contributed by atoms with Gasteiger partial charge in [0.15, 0.2) is 0 Å². The zero-order valence-corrected chi connectivity index (χ0v) is 14.6. The van der Waals surface area contributed by atoms with Crippen LogP contribution in [-0.4, -0.2) is 15.5 Å². The first-order valence-electron chi connectivity index (χ1n) is 8.26. The van der Waals surface area contributed by atoms with Crippen LogP contribution >= 0.6 is 0 Å². The van der Waals surface area contributed by atoms with Crippen molar-refractivity contribution in [2.45, 2.75) is 33.2 Å². The van der Waals surface area contributed by atoms with Gasteiger partial charge in [0.2, 0.25) is 5.91 Å². The van der Waals surface area contributed by atoms with Crippen molar-refractivity contribution in [2.24, 2.45) is 0 Å². The number of para-hydroxylation sites is 1. The Balaban J connectivity index is 1.81. The first-order valence-corrected chi connectivity index (χ1v) is 8.26. The van der Waals surface area contributed by atoms with Gasteiger partial charge >= 0.3 is 0 Å². The molecule has 0 radical (unpaired) electrons. The summed E-state index contributed by atoms with van der Waals surface area (Å²) in [4.78, 5) is 16.9. The third-order valence-electron chi connectivity index (χ3n) is 4.13. The Kier molecular flexibility index (Phi) is 4.53. The minimum absolute atomic E-state index is 0.151. The third kappa shape index (κ3) is 3.38. The third-order valence-corrected chi connectivity index (χ3v) is 4.13. The van der Waals surface area contributed by atoms with Crippen LogP contribution in [0.5, 0.6) is 0 Å². The van der Waals surface area contributed by atoms with Crippen LogP contribution in [0.15, 0.2) is 42.5 Å². The van der Waals surface area contributed by atoms with Gasteiger partial charge in [-0.3, -0.25) is 4.79 Å². The monoisotopic (exact) mass is 332 g/mol. The highest BCUT2D eigenvalue weighted by molar-refractivity contribution is 5.94. The molecule has 0 aliphatic heterocycles. The Morgan fingerprint density at radius 1 is 1.28 bits per heavy atom. The zero-order valence-electron chi connectivity index (χ0n) is 14.6. The molecule has 1 heterocycles. The molecule has 1 N–H and O–H groups in total. The first-order chi connectivity index (χ1) is 12.0. The van der Waals surface area contributed by atoms with Gasteiger partial charge in [0.05, 0.1) is 28.7 Å². The highest BCUT2D eigenvalue weighted by Crippen LogP contribution is 2.22. The lowest BCUT2D eigenvalue weighted by Crippen LogP contribution is -2.15. The SMILES string of the molecule is Cc1nc2cc(CC(=O)Nc3ccccc3C#N)ccc2n1C(C)C. The summed E-state index contributed by atoms with van der Waals surface area (Å²) in [5.41, 5.74) is 3.86. The van der Waals surface area contributed by atoms with Crippen molar-refractivity contribution >= 4 is 22.6 Å². The average Bonchev–Trinajstić information content (AvgIpc) is 2.90. The van der Waals surface area contributed by atoms with Gasteiger partial charge < -0.3 is 9.88 Å². The lowest BCUT2D eigenvalue weighted by molar-refractivity contribution is -0.115. The Morgan fingerprint density at radius 3 is 2.76 bits per heavy atom. The Bertz CT molecular complexity index is 979. The van der Waals surface area contributed by atoms with Crippen molar-refractivity contribution in [3.05, 3.63) is 59.4 Å². The number of rotatable bonds is 4. The van der Waals surface area contributed by atoms with Crippen molar-refractivity contribution in [1.29, 1.82) is 5.26 Å². The number of hydrogen-bond donors (Lipinski definition) is 1. The predicted octanol–water partition coefficient (Wildman–Crippen LogP) is 3.98. The van der Waals surface area contributed by atoms with Crippen molar-refractivity contribution in [2.75, 3.05) is 5.32 Å². The van der Waals surface area contributed by atoms with Gasteiger partial charge in [-0.15, -0.1) is 0 Å². The molecule has 2 aromatic carbocycles. The number of carbonyl (C=O) groups is 1. The summed E-state index contributed by atoms with van der Waals surface area (Å²) in [7, 11) is 0. The van der Waals surface area contributed by atoms with Crippen LogP contribution in [0.1, 0.15) is 36.8 Å². The number of carbonyl (C=O) groups excluding carboxylic acids is 1. The van der Waals surface area contributed by atoms with Crippen LogP contribution < -0.4 is 5.32 Å². The number of aryl methyl sites for hydroxylation is 1. The Morgan fingerprint density at radius 2 is 2.04 bits per heavy atom. The molecule has 3 aromatic rings. The number of nitriles is 1. The molecule has 0 spiro atoms. The molecule has 1 amide bonds. The molecule has 0 aliphatic rings. The van der Waals surface area contributed by atoms with Crippen LogP contribution in [0.2, 0.25) is 0 Å². The second kappa shape index (κ2) is 6.78. The fourth-order valence-electron chi connectivity index (χ4n) is 3.10. The van der Waals surface area contributed by atoms with Gasteiger partial charge in [-0.05, 0) is 50.6 Å². The number of fused-ring (bicyclic) bond motifs is 1. The number of nitrogens with one attached hydrogen (secondary N) is 1. The first kappa shape index (κ1) is 16.7. The van der Waals surface area contributed by atoms with Crippen LogP contribution in [0, 0.1) is 18.3 Å². The van der Waals surface area contributed by atoms with Gasteiger partial charge in [0.1, 0.15) is 11.9 Å². The highest BCUT2D eigenvalue weighted by Gasteiger charge is 2.12. The van der Waals surface area contributed by atoms with E-state index in [-0.39, 0.29) is 12.3 Å². The van der Waals surface area contributed by atoms with Crippen LogP contribution in [0.3, 0.4) is 0 Å². The van der Waals surface area contributed by atoms with Crippen molar-refractivity contribution in [1.82, 2.24) is 9.55 Å². The van der Waals surface area contributed by atoms with Crippen molar-refractivity contribution in [3.63, 3.8) is 0 Å². The van der Waals surface area contributed by atoms with Gasteiger partial charge in [0.25, 0.3) is 0 Å². The van der Waals surface area contributed by atoms with E-state index >= 15 is 0 Å². The molecule has 25 heavy (non-hydrogen) atoms. The summed E-state index contributed by atoms with van der Waals surface area (Å²) in [6.45, 7) is 6.25. The van der Waals surface area contributed by atoms with Gasteiger partial charge in [-0.1, -0.05) is 18.2 Å². The molecular weight excluding hydrogens is 312 g/mol. The number of nitrogens with zero attached hydrogens (tertiary/aromatic N) is 3. The van der Waals surface area contributed by atoms with E-state index < -0.39 is 0 Å². The lowest BCUT2D eigenvalue weighted by atomic mass is 10.1. The molecule has 0 unspecified atom stereocenters. The smallest absolute Gasteiger partial charge is 0.228 e. The van der Waals surface area contributed by atoms with Crippen molar-refractivity contribution < 1.29 is 4.79 Å². The van der Waals surface area contributed by atoms with E-state index in [0.717, 1.165) is 22.4 Å². The van der Waals surface area contributed by atoms with E-state index in [0.29, 0.717) is 17.3 Å². The number of anilines is 1. The number of benzene rings is 2. The normalized spacial score (nSPS) is 10.8. The summed E-state index contributed by atoms with van der Waals surface area (Å²) in [5.74, 6) is 0.816. The Labute approximate surface area is 146 Å². The highest BCUT2D eigenvalue weighted by atomic mass is 16.1. The van der Waals surface area contributed by atoms with E-state index in [4.69, 9.17) is 5.26 Å².